The van der Waals surface area contributed by atoms with Gasteiger partial charge in [0.25, 0.3) is 0 Å². The van der Waals surface area contributed by atoms with Crippen molar-refractivity contribution in [2.24, 2.45) is 0 Å². The van der Waals surface area contributed by atoms with E-state index >= 15 is 0 Å². The summed E-state index contributed by atoms with van der Waals surface area (Å²) in [5, 5.41) is 2.47. The van der Waals surface area contributed by atoms with Gasteiger partial charge in [0.2, 0.25) is 0 Å². The van der Waals surface area contributed by atoms with Crippen molar-refractivity contribution in [2.75, 3.05) is 9.80 Å². The van der Waals surface area contributed by atoms with Gasteiger partial charge in [-0.3, -0.25) is 14.5 Å². The number of aromatic nitrogens is 6. The second-order valence-corrected chi connectivity index (χ2v) is 22.4. The Balaban J connectivity index is 0.000000146. The maximum atomic E-state index is 5.57. The number of benzene rings is 7. The number of pyridine rings is 5. The molecule has 0 N–H and O–H groups in total. The van der Waals surface area contributed by atoms with E-state index in [-0.39, 0.29) is 37.8 Å². The number of hydrogen-bond acceptors (Lipinski definition) is 7. The minimum Gasteiger partial charge on any atom is -0.313 e. The van der Waals surface area contributed by atoms with Gasteiger partial charge in [-0.1, -0.05) is 149 Å². The largest absolute Gasteiger partial charge is 0.313 e. The zero-order valence-electron chi connectivity index (χ0n) is 46.2. The Morgan fingerprint density at radius 3 is 1.81 bits per heavy atom. The Labute approximate surface area is 497 Å². The van der Waals surface area contributed by atoms with E-state index in [0.717, 1.165) is 73.6 Å². The Kier molecular flexibility index (Phi) is 12.7. The molecule has 0 spiro atoms. The first-order valence-corrected chi connectivity index (χ1v) is 28.0. The first kappa shape index (κ1) is 51.5. The number of anilines is 6. The molecule has 7 aromatic carbocycles. The summed E-state index contributed by atoms with van der Waals surface area (Å²) >= 11 is 0. The Morgan fingerprint density at radius 1 is 0.434 bits per heavy atom. The molecule has 1 atom stereocenters. The average Bonchev–Trinajstić information content (AvgIpc) is 3.94. The maximum absolute atomic E-state index is 5.57. The second-order valence-electron chi connectivity index (χ2n) is 22.4. The van der Waals surface area contributed by atoms with Crippen LogP contribution in [-0.2, 0) is 31.9 Å². The number of para-hydroxylation sites is 3. The molecule has 3 aliphatic rings. The van der Waals surface area contributed by atoms with Crippen molar-refractivity contribution in [3.8, 4) is 39.5 Å². The van der Waals surface area contributed by atoms with Crippen molar-refractivity contribution in [3.63, 3.8) is 0 Å². The van der Waals surface area contributed by atoms with Crippen LogP contribution in [0.2, 0.25) is 0 Å². The summed E-state index contributed by atoms with van der Waals surface area (Å²) in [6.45, 7) is 9.30. The Hall–Kier alpha value is -9.62. The van der Waals surface area contributed by atoms with Crippen LogP contribution in [0.3, 0.4) is 0 Å². The number of fused-ring (bicyclic) bond motifs is 10. The second kappa shape index (κ2) is 20.4. The molecule has 1 aliphatic carbocycles. The number of nitrogens with zero attached hydrogens (tertiary/aromatic N) is 8. The van der Waals surface area contributed by atoms with Crippen LogP contribution >= 0.6 is 0 Å². The molecule has 402 valence electrons. The molecular formula is C74H55N8Pt-. The third-order valence-corrected chi connectivity index (χ3v) is 17.0. The molecule has 6 aromatic heterocycles. The van der Waals surface area contributed by atoms with Crippen molar-refractivity contribution >= 4 is 56.1 Å². The van der Waals surface area contributed by atoms with Gasteiger partial charge in [0.05, 0.1) is 45.4 Å². The fourth-order valence-electron chi connectivity index (χ4n) is 13.0. The fraction of sp³-hybridized carbons (Fsp3) is 0.0946. The summed E-state index contributed by atoms with van der Waals surface area (Å²) < 4.78 is 2.29. The van der Waals surface area contributed by atoms with Gasteiger partial charge < -0.3 is 14.8 Å². The minimum atomic E-state index is -0.249. The molecule has 1 unspecified atom stereocenters. The molecule has 8 heterocycles. The summed E-state index contributed by atoms with van der Waals surface area (Å²) in [5.74, 6) is 1.83. The number of rotatable bonds is 6. The quantitative estimate of drug-likeness (QED) is 0.154. The predicted molar refractivity (Wildman–Crippen MR) is 332 cm³/mol. The topological polar surface area (TPSA) is 75.9 Å². The van der Waals surface area contributed by atoms with Crippen LogP contribution in [0.25, 0.3) is 61.3 Å². The Bertz CT molecular complexity index is 4600. The molecule has 0 fully saturated rings. The predicted octanol–water partition coefficient (Wildman–Crippen LogP) is 18.0. The molecule has 0 saturated heterocycles. The molecule has 83 heavy (non-hydrogen) atoms. The van der Waals surface area contributed by atoms with E-state index in [1.54, 1.807) is 0 Å². The first-order valence-electron chi connectivity index (χ1n) is 28.0. The van der Waals surface area contributed by atoms with E-state index < -0.39 is 0 Å². The number of hydrogen-bond donors (Lipinski definition) is 0. The van der Waals surface area contributed by atoms with Gasteiger partial charge in [0.1, 0.15) is 11.6 Å². The van der Waals surface area contributed by atoms with Crippen LogP contribution < -0.4 is 9.80 Å². The van der Waals surface area contributed by atoms with Crippen LogP contribution in [0.4, 0.5) is 34.3 Å². The van der Waals surface area contributed by atoms with Crippen LogP contribution in [0.1, 0.15) is 72.8 Å². The average molecular weight is 1250 g/mol. The standard InChI is InChI=1S/C37H28N4.C37H27N4.Pt/c1-37(2)29-15-4-6-18-33(29)40(26-13-11-12-25(22-26)31-16-7-9-20-38-31)35-24-34-28(23-30(35)37)27-14-3-5-17-32(27)41(34)36-19-8-10-21-39-36;1-37(2)29-16-5-6-19-33(29)41(25-13-11-12-24(22-25)31-17-7-9-20-38-31)36-30(37)23-28-26-14-3-4-15-27(26)34(35(28)40-36)32-18-8-10-21-39-32;/h3-24H,1-2H3;3-21,23,34H,1-2H3;/q;-1;. The van der Waals surface area contributed by atoms with E-state index in [4.69, 9.17) is 15.0 Å². The third-order valence-electron chi connectivity index (χ3n) is 17.0. The normalized spacial score (nSPS) is 14.7. The zero-order chi connectivity index (χ0) is 55.1. The molecule has 8 nitrogen and oxygen atoms in total. The van der Waals surface area contributed by atoms with Crippen molar-refractivity contribution < 1.29 is 21.1 Å². The van der Waals surface area contributed by atoms with Gasteiger partial charge in [-0.15, -0.1) is 29.8 Å². The van der Waals surface area contributed by atoms with Crippen LogP contribution in [0.5, 0.6) is 0 Å². The van der Waals surface area contributed by atoms with E-state index in [1.165, 1.54) is 61.1 Å². The summed E-state index contributed by atoms with van der Waals surface area (Å²) in [6.07, 6.45) is 7.41. The molecule has 9 heteroatoms. The molecule has 0 radical (unpaired) electrons. The molecule has 0 amide bonds. The summed E-state index contributed by atoms with van der Waals surface area (Å²) in [5.41, 5.74) is 22.1. The van der Waals surface area contributed by atoms with Crippen molar-refractivity contribution in [1.29, 1.82) is 0 Å². The van der Waals surface area contributed by atoms with Crippen molar-refractivity contribution in [2.45, 2.75) is 44.4 Å². The van der Waals surface area contributed by atoms with Gasteiger partial charge in [-0.05, 0) is 130 Å². The van der Waals surface area contributed by atoms with E-state index in [1.807, 2.05) is 67.3 Å². The molecule has 2 aliphatic heterocycles. The zero-order valence-corrected chi connectivity index (χ0v) is 48.5. The molecule has 0 saturated carbocycles. The van der Waals surface area contributed by atoms with Gasteiger partial charge >= 0.3 is 0 Å². The van der Waals surface area contributed by atoms with Crippen molar-refractivity contribution in [3.05, 3.63) is 301 Å². The molecular weight excluding hydrogens is 1200 g/mol. The van der Waals surface area contributed by atoms with E-state index in [0.29, 0.717) is 0 Å². The monoisotopic (exact) mass is 1250 g/mol. The van der Waals surface area contributed by atoms with E-state index in [2.05, 4.69) is 246 Å². The molecule has 16 rings (SSSR count). The molecule has 13 aromatic rings. The summed E-state index contributed by atoms with van der Waals surface area (Å²) in [6, 6.07) is 84.9. The van der Waals surface area contributed by atoms with Gasteiger partial charge in [-0.25, -0.2) is 9.97 Å². The smallest absolute Gasteiger partial charge is 0.140 e. The first-order chi connectivity index (χ1) is 40.2. The van der Waals surface area contributed by atoms with Crippen LogP contribution in [0, 0.1) is 6.07 Å². The SMILES string of the molecule is CC1(C)c2ccccc2N(c2[c-]c(-c3ccccn3)ccc2)c2nc3c(cc21)-c1ccccc1C3c1ccccn1.CC1(C)c2ccccc2N(c2cccc(-c3ccccn3)c2)c2cc3c(cc21)c1ccccc1n3-c1ccccn1.[Pt]. The third kappa shape index (κ3) is 8.42. The summed E-state index contributed by atoms with van der Waals surface area (Å²) in [7, 11) is 0. The minimum absolute atomic E-state index is 0. The Morgan fingerprint density at radius 2 is 1.07 bits per heavy atom. The van der Waals surface area contributed by atoms with E-state index in [9.17, 15) is 0 Å². The summed E-state index contributed by atoms with van der Waals surface area (Å²) in [4.78, 5) is 29.0. The van der Waals surface area contributed by atoms with Crippen LogP contribution in [-0.4, -0.2) is 29.5 Å². The van der Waals surface area contributed by atoms with Crippen LogP contribution in [0.15, 0.2) is 255 Å². The van der Waals surface area contributed by atoms with Gasteiger partial charge in [0, 0.05) is 95.5 Å². The van der Waals surface area contributed by atoms with Gasteiger partial charge in [0.15, 0.2) is 0 Å². The maximum Gasteiger partial charge on any atom is 0.140 e. The fourth-order valence-corrected chi connectivity index (χ4v) is 13.0. The van der Waals surface area contributed by atoms with Crippen molar-refractivity contribution in [1.82, 2.24) is 29.5 Å². The van der Waals surface area contributed by atoms with Gasteiger partial charge in [-0.2, -0.15) is 0 Å². The molecule has 0 bridgehead atoms.